The molecule has 1 saturated heterocycles. The van der Waals surface area contributed by atoms with E-state index < -0.39 is 0 Å². The second-order valence-electron chi connectivity index (χ2n) is 5.94. The van der Waals surface area contributed by atoms with Gasteiger partial charge in [0.1, 0.15) is 5.75 Å². The lowest BCUT2D eigenvalue weighted by Gasteiger charge is -2.36. The summed E-state index contributed by atoms with van der Waals surface area (Å²) in [7, 11) is 1.70. The van der Waals surface area contributed by atoms with Gasteiger partial charge in [-0.2, -0.15) is 0 Å². The Morgan fingerprint density at radius 2 is 1.90 bits per heavy atom. The van der Waals surface area contributed by atoms with E-state index in [-0.39, 0.29) is 11.8 Å². The molecule has 0 unspecified atom stereocenters. The van der Waals surface area contributed by atoms with Gasteiger partial charge in [-0.1, -0.05) is 19.1 Å². The van der Waals surface area contributed by atoms with Crippen LogP contribution in [0.25, 0.3) is 0 Å². The Labute approximate surface area is 125 Å². The molecule has 5 heteroatoms. The highest BCUT2D eigenvalue weighted by molar-refractivity contribution is 5.81. The van der Waals surface area contributed by atoms with Gasteiger partial charge >= 0.3 is 0 Å². The summed E-state index contributed by atoms with van der Waals surface area (Å²) in [5.41, 5.74) is 4.17. The van der Waals surface area contributed by atoms with Gasteiger partial charge < -0.3 is 9.64 Å². The molecule has 1 heterocycles. The van der Waals surface area contributed by atoms with Gasteiger partial charge in [0.15, 0.2) is 0 Å². The highest BCUT2D eigenvalue weighted by Gasteiger charge is 2.39. The van der Waals surface area contributed by atoms with Gasteiger partial charge in [0.2, 0.25) is 5.91 Å². The van der Waals surface area contributed by atoms with Crippen molar-refractivity contribution >= 4 is 11.6 Å². The molecule has 0 radical (unpaired) electrons. The zero-order chi connectivity index (χ0) is 14.8. The Morgan fingerprint density at radius 1 is 1.24 bits per heavy atom. The Kier molecular flexibility index (Phi) is 4.01. The third kappa shape index (κ3) is 3.13. The van der Waals surface area contributed by atoms with Crippen molar-refractivity contribution in [3.05, 3.63) is 24.3 Å². The van der Waals surface area contributed by atoms with Crippen LogP contribution in [-0.4, -0.2) is 44.2 Å². The van der Waals surface area contributed by atoms with E-state index in [1.807, 2.05) is 23.2 Å². The molecule has 2 fully saturated rings. The summed E-state index contributed by atoms with van der Waals surface area (Å²) in [6.07, 6.45) is 1.03. The standard InChI is InChI=1S/C16H23N3O2/c1-12-11-13(12)16(20)17-19-9-7-18(8-10-19)14-5-3-4-6-15(14)21-2/h3-6,12-13H,7-11H2,1-2H3,(H,17,20)/t12-,13-/m0/s1. The third-order valence-corrected chi connectivity index (χ3v) is 4.42. The molecule has 1 aliphatic carbocycles. The lowest BCUT2D eigenvalue weighted by molar-refractivity contribution is -0.127. The number of hydrogen-bond acceptors (Lipinski definition) is 4. The van der Waals surface area contributed by atoms with Gasteiger partial charge in [0, 0.05) is 32.1 Å². The fraction of sp³-hybridized carbons (Fsp3) is 0.562. The van der Waals surface area contributed by atoms with E-state index in [9.17, 15) is 4.79 Å². The molecule has 21 heavy (non-hydrogen) atoms. The lowest BCUT2D eigenvalue weighted by atomic mass is 10.2. The molecule has 1 aromatic carbocycles. The van der Waals surface area contributed by atoms with Crippen molar-refractivity contribution in [2.45, 2.75) is 13.3 Å². The average Bonchev–Trinajstić information content (AvgIpc) is 3.25. The number of hydrogen-bond donors (Lipinski definition) is 1. The SMILES string of the molecule is COc1ccccc1N1CCN(NC(=O)[C@H]2C[C@@H]2C)CC1. The Morgan fingerprint density at radius 3 is 2.52 bits per heavy atom. The number of nitrogens with zero attached hydrogens (tertiary/aromatic N) is 2. The third-order valence-electron chi connectivity index (χ3n) is 4.42. The fourth-order valence-electron chi connectivity index (χ4n) is 2.88. The van der Waals surface area contributed by atoms with Crippen molar-refractivity contribution in [1.82, 2.24) is 10.4 Å². The first-order chi connectivity index (χ1) is 10.2. The average molecular weight is 289 g/mol. The van der Waals surface area contributed by atoms with Crippen LogP contribution in [0.4, 0.5) is 5.69 Å². The van der Waals surface area contributed by atoms with Gasteiger partial charge in [-0.3, -0.25) is 10.2 Å². The lowest BCUT2D eigenvalue weighted by Crippen LogP contribution is -2.54. The highest BCUT2D eigenvalue weighted by atomic mass is 16.5. The maximum absolute atomic E-state index is 11.9. The largest absolute Gasteiger partial charge is 0.495 e. The Balaban J connectivity index is 1.54. The first-order valence-corrected chi connectivity index (χ1v) is 7.62. The van der Waals surface area contributed by atoms with Crippen LogP contribution in [-0.2, 0) is 4.79 Å². The number of rotatable bonds is 4. The molecule has 0 aromatic heterocycles. The number of ether oxygens (including phenoxy) is 1. The van der Waals surface area contributed by atoms with Crippen molar-refractivity contribution < 1.29 is 9.53 Å². The van der Waals surface area contributed by atoms with Crippen LogP contribution in [0.2, 0.25) is 0 Å². The summed E-state index contributed by atoms with van der Waals surface area (Å²) in [5, 5.41) is 2.04. The van der Waals surface area contributed by atoms with Crippen molar-refractivity contribution in [1.29, 1.82) is 0 Å². The van der Waals surface area contributed by atoms with E-state index >= 15 is 0 Å². The summed E-state index contributed by atoms with van der Waals surface area (Å²) < 4.78 is 5.42. The molecule has 1 saturated carbocycles. The summed E-state index contributed by atoms with van der Waals surface area (Å²) in [6.45, 7) is 5.58. The quantitative estimate of drug-likeness (QED) is 0.912. The van der Waals surface area contributed by atoms with Crippen molar-refractivity contribution in [2.75, 3.05) is 38.2 Å². The number of methoxy groups -OCH3 is 1. The molecule has 3 rings (SSSR count). The second kappa shape index (κ2) is 5.93. The van der Waals surface area contributed by atoms with Crippen LogP contribution in [0.15, 0.2) is 24.3 Å². The number of amides is 1. The van der Waals surface area contributed by atoms with Gasteiger partial charge in [-0.05, 0) is 24.5 Å². The van der Waals surface area contributed by atoms with Crippen LogP contribution in [0.3, 0.4) is 0 Å². The number of anilines is 1. The molecule has 1 aliphatic heterocycles. The summed E-state index contributed by atoms with van der Waals surface area (Å²) >= 11 is 0. The number of hydrazine groups is 1. The van der Waals surface area contributed by atoms with E-state index in [0.29, 0.717) is 5.92 Å². The molecule has 2 atom stereocenters. The normalized spacial score (nSPS) is 25.5. The number of para-hydroxylation sites is 2. The molecule has 114 valence electrons. The van der Waals surface area contributed by atoms with Crippen LogP contribution in [0, 0.1) is 11.8 Å². The van der Waals surface area contributed by atoms with Crippen LogP contribution >= 0.6 is 0 Å². The van der Waals surface area contributed by atoms with E-state index in [4.69, 9.17) is 4.74 Å². The fourth-order valence-corrected chi connectivity index (χ4v) is 2.88. The number of carbonyl (C=O) groups excluding carboxylic acids is 1. The number of carbonyl (C=O) groups is 1. The minimum Gasteiger partial charge on any atom is -0.495 e. The molecule has 2 aliphatic rings. The molecule has 5 nitrogen and oxygen atoms in total. The molecule has 0 spiro atoms. The van der Waals surface area contributed by atoms with Crippen molar-refractivity contribution in [2.24, 2.45) is 11.8 Å². The number of piperazine rings is 1. The Hall–Kier alpha value is -1.75. The molecule has 1 N–H and O–H groups in total. The van der Waals surface area contributed by atoms with Gasteiger partial charge in [-0.15, -0.1) is 0 Å². The monoisotopic (exact) mass is 289 g/mol. The maximum Gasteiger partial charge on any atom is 0.237 e. The predicted molar refractivity (Wildman–Crippen MR) is 82.2 cm³/mol. The summed E-state index contributed by atoms with van der Waals surface area (Å²) in [5.74, 6) is 1.88. The smallest absolute Gasteiger partial charge is 0.237 e. The maximum atomic E-state index is 11.9. The van der Waals surface area contributed by atoms with Gasteiger partial charge in [-0.25, -0.2) is 5.01 Å². The van der Waals surface area contributed by atoms with E-state index in [1.54, 1.807) is 7.11 Å². The molecule has 0 bridgehead atoms. The molecular formula is C16H23N3O2. The van der Waals surface area contributed by atoms with Crippen molar-refractivity contribution in [3.8, 4) is 5.75 Å². The van der Waals surface area contributed by atoms with Crippen molar-refractivity contribution in [3.63, 3.8) is 0 Å². The predicted octanol–water partition coefficient (Wildman–Crippen LogP) is 1.50. The number of benzene rings is 1. The van der Waals surface area contributed by atoms with Crippen LogP contribution in [0.5, 0.6) is 5.75 Å². The van der Waals surface area contributed by atoms with E-state index in [2.05, 4.69) is 23.3 Å². The summed E-state index contributed by atoms with van der Waals surface area (Å²) in [4.78, 5) is 14.3. The summed E-state index contributed by atoms with van der Waals surface area (Å²) in [6, 6.07) is 8.08. The minimum atomic E-state index is 0.188. The number of nitrogens with one attached hydrogen (secondary N) is 1. The topological polar surface area (TPSA) is 44.8 Å². The first kappa shape index (κ1) is 14.2. The van der Waals surface area contributed by atoms with Crippen LogP contribution < -0.4 is 15.1 Å². The van der Waals surface area contributed by atoms with Crippen LogP contribution in [0.1, 0.15) is 13.3 Å². The zero-order valence-electron chi connectivity index (χ0n) is 12.7. The first-order valence-electron chi connectivity index (χ1n) is 7.62. The zero-order valence-corrected chi connectivity index (χ0v) is 12.7. The van der Waals surface area contributed by atoms with Gasteiger partial charge in [0.05, 0.1) is 12.8 Å². The van der Waals surface area contributed by atoms with Gasteiger partial charge in [0.25, 0.3) is 0 Å². The second-order valence-corrected chi connectivity index (χ2v) is 5.94. The van der Waals surface area contributed by atoms with E-state index in [1.165, 1.54) is 0 Å². The van der Waals surface area contributed by atoms with E-state index in [0.717, 1.165) is 44.0 Å². The molecular weight excluding hydrogens is 266 g/mol. The Bertz CT molecular complexity index is 512. The molecule has 1 aromatic rings. The highest BCUT2D eigenvalue weighted by Crippen LogP contribution is 2.37. The molecule has 1 amide bonds. The minimum absolute atomic E-state index is 0.188.